The lowest BCUT2D eigenvalue weighted by molar-refractivity contribution is -0.121. The maximum Gasteiger partial charge on any atom is 0.315 e. The van der Waals surface area contributed by atoms with E-state index in [1.165, 1.54) is 19.3 Å². The molecule has 1 aliphatic heterocycles. The summed E-state index contributed by atoms with van der Waals surface area (Å²) in [6.45, 7) is 2.28. The standard InChI is InChI=1S/C25H34N4O3/c1-15(19-2-4-21-20(11-19)3-5-22(30)28-21)27-23(31)6-7-26-24(32)29-25-12-16-8-17(13-25)10-18(9-16)14-25/h2,4,11,15-18H,3,5-10,12-14H2,1H3,(H,27,31)(H,28,30)(H2,26,29,32). The molecule has 0 radical (unpaired) electrons. The molecule has 7 nitrogen and oxygen atoms in total. The molecule has 172 valence electrons. The predicted molar refractivity (Wildman–Crippen MR) is 122 cm³/mol. The van der Waals surface area contributed by atoms with E-state index in [0.29, 0.717) is 13.0 Å². The van der Waals surface area contributed by atoms with Gasteiger partial charge >= 0.3 is 6.03 Å². The van der Waals surface area contributed by atoms with E-state index in [9.17, 15) is 14.4 Å². The summed E-state index contributed by atoms with van der Waals surface area (Å²) >= 11 is 0. The largest absolute Gasteiger partial charge is 0.350 e. The summed E-state index contributed by atoms with van der Waals surface area (Å²) in [6.07, 6.45) is 8.87. The van der Waals surface area contributed by atoms with Crippen LogP contribution in [0.4, 0.5) is 10.5 Å². The molecule has 1 heterocycles. The lowest BCUT2D eigenvalue weighted by Crippen LogP contribution is -2.61. The first kappa shape index (κ1) is 21.3. The molecule has 4 saturated carbocycles. The highest BCUT2D eigenvalue weighted by Crippen LogP contribution is 2.55. The Kier molecular flexibility index (Phi) is 5.59. The second kappa shape index (κ2) is 8.41. The predicted octanol–water partition coefficient (Wildman–Crippen LogP) is 3.41. The highest BCUT2D eigenvalue weighted by Gasteiger charge is 2.51. The monoisotopic (exact) mass is 438 g/mol. The Morgan fingerprint density at radius 2 is 1.78 bits per heavy atom. The number of hydrogen-bond donors (Lipinski definition) is 4. The van der Waals surface area contributed by atoms with Crippen molar-refractivity contribution in [2.75, 3.05) is 11.9 Å². The normalized spacial score (nSPS) is 30.8. The number of carbonyl (C=O) groups is 3. The van der Waals surface area contributed by atoms with Crippen molar-refractivity contribution in [2.45, 2.75) is 76.3 Å². The molecule has 32 heavy (non-hydrogen) atoms. The number of anilines is 1. The third kappa shape index (κ3) is 4.48. The van der Waals surface area contributed by atoms with Crippen molar-refractivity contribution in [2.24, 2.45) is 17.8 Å². The van der Waals surface area contributed by atoms with Gasteiger partial charge in [-0.1, -0.05) is 12.1 Å². The van der Waals surface area contributed by atoms with Crippen LogP contribution in [0.2, 0.25) is 0 Å². The number of nitrogens with one attached hydrogen (secondary N) is 4. The Bertz CT molecular complexity index is 892. The number of carbonyl (C=O) groups excluding carboxylic acids is 3. The molecule has 7 heteroatoms. The fourth-order valence-corrected chi connectivity index (χ4v) is 6.91. The summed E-state index contributed by atoms with van der Waals surface area (Å²) in [7, 11) is 0. The van der Waals surface area contributed by atoms with Crippen LogP contribution in [0.5, 0.6) is 0 Å². The molecular weight excluding hydrogens is 404 g/mol. The van der Waals surface area contributed by atoms with Gasteiger partial charge in [-0.05, 0) is 86.8 Å². The van der Waals surface area contributed by atoms with Gasteiger partial charge in [-0.25, -0.2) is 4.79 Å². The second-order valence-corrected chi connectivity index (χ2v) is 10.6. The fourth-order valence-electron chi connectivity index (χ4n) is 6.91. The molecule has 0 saturated heterocycles. The summed E-state index contributed by atoms with van der Waals surface area (Å²) in [4.78, 5) is 36.5. The van der Waals surface area contributed by atoms with Gasteiger partial charge in [-0.3, -0.25) is 9.59 Å². The van der Waals surface area contributed by atoms with Gasteiger partial charge in [0.05, 0.1) is 6.04 Å². The highest BCUT2D eigenvalue weighted by molar-refractivity contribution is 5.93. The van der Waals surface area contributed by atoms with E-state index >= 15 is 0 Å². The Morgan fingerprint density at radius 3 is 2.47 bits per heavy atom. The summed E-state index contributed by atoms with van der Waals surface area (Å²) < 4.78 is 0. The van der Waals surface area contributed by atoms with Crippen LogP contribution >= 0.6 is 0 Å². The molecule has 4 bridgehead atoms. The lowest BCUT2D eigenvalue weighted by atomic mass is 9.53. The van der Waals surface area contributed by atoms with Gasteiger partial charge in [-0.2, -0.15) is 0 Å². The van der Waals surface area contributed by atoms with Crippen molar-refractivity contribution in [1.82, 2.24) is 16.0 Å². The topological polar surface area (TPSA) is 99.3 Å². The molecule has 4 fully saturated rings. The molecule has 4 amide bonds. The minimum absolute atomic E-state index is 0.0124. The van der Waals surface area contributed by atoms with Crippen molar-refractivity contribution in [3.63, 3.8) is 0 Å². The third-order valence-electron chi connectivity index (χ3n) is 7.96. The van der Waals surface area contributed by atoms with Crippen LogP contribution in [0.25, 0.3) is 0 Å². The molecule has 1 aromatic rings. The summed E-state index contributed by atoms with van der Waals surface area (Å²) in [6, 6.07) is 5.63. The van der Waals surface area contributed by atoms with Crippen molar-refractivity contribution < 1.29 is 14.4 Å². The molecule has 5 aliphatic rings. The Morgan fingerprint density at radius 1 is 1.09 bits per heavy atom. The number of benzene rings is 1. The van der Waals surface area contributed by atoms with Crippen LogP contribution in [-0.4, -0.2) is 29.9 Å². The van der Waals surface area contributed by atoms with Crippen molar-refractivity contribution in [3.8, 4) is 0 Å². The molecule has 1 unspecified atom stereocenters. The van der Waals surface area contributed by atoms with Gasteiger partial charge in [0.15, 0.2) is 0 Å². The molecule has 6 rings (SSSR count). The van der Waals surface area contributed by atoms with Crippen LogP contribution in [0, 0.1) is 17.8 Å². The molecule has 4 aliphatic carbocycles. The van der Waals surface area contributed by atoms with E-state index < -0.39 is 0 Å². The van der Waals surface area contributed by atoms with Gasteiger partial charge in [0, 0.05) is 30.6 Å². The number of hydrogen-bond acceptors (Lipinski definition) is 3. The van der Waals surface area contributed by atoms with Gasteiger partial charge < -0.3 is 21.3 Å². The maximum atomic E-state index is 12.5. The minimum atomic E-state index is -0.135. The van der Waals surface area contributed by atoms with E-state index in [0.717, 1.165) is 60.3 Å². The summed E-state index contributed by atoms with van der Waals surface area (Å²) in [5, 5.41) is 12.1. The zero-order valence-electron chi connectivity index (χ0n) is 18.8. The maximum absolute atomic E-state index is 12.5. The van der Waals surface area contributed by atoms with E-state index in [4.69, 9.17) is 0 Å². The molecule has 0 aromatic heterocycles. The SMILES string of the molecule is CC(NC(=O)CCNC(=O)NC12CC3CC(CC(C3)C1)C2)c1ccc2c(c1)CCC(=O)N2. The van der Waals surface area contributed by atoms with Gasteiger partial charge in [-0.15, -0.1) is 0 Å². The average Bonchev–Trinajstić information content (AvgIpc) is 2.71. The van der Waals surface area contributed by atoms with E-state index in [1.54, 1.807) is 0 Å². The molecule has 4 N–H and O–H groups in total. The van der Waals surface area contributed by atoms with Crippen LogP contribution in [0.1, 0.15) is 75.5 Å². The van der Waals surface area contributed by atoms with Gasteiger partial charge in [0.25, 0.3) is 0 Å². The summed E-state index contributed by atoms with van der Waals surface area (Å²) in [5.74, 6) is 2.32. The molecule has 1 aromatic carbocycles. The Hall–Kier alpha value is -2.57. The Balaban J connectivity index is 1.06. The minimum Gasteiger partial charge on any atom is -0.350 e. The number of urea groups is 1. The first-order chi connectivity index (χ1) is 15.4. The van der Waals surface area contributed by atoms with Crippen molar-refractivity contribution in [1.29, 1.82) is 0 Å². The third-order valence-corrected chi connectivity index (χ3v) is 7.96. The smallest absolute Gasteiger partial charge is 0.315 e. The van der Waals surface area contributed by atoms with E-state index in [2.05, 4.69) is 27.3 Å². The van der Waals surface area contributed by atoms with E-state index in [-0.39, 0.29) is 35.8 Å². The number of amides is 4. The molecule has 1 atom stereocenters. The van der Waals surface area contributed by atoms with Crippen LogP contribution in [-0.2, 0) is 16.0 Å². The van der Waals surface area contributed by atoms with Gasteiger partial charge in [0.2, 0.25) is 11.8 Å². The fraction of sp³-hybridized carbons (Fsp3) is 0.640. The van der Waals surface area contributed by atoms with Gasteiger partial charge in [0.1, 0.15) is 0 Å². The summed E-state index contributed by atoms with van der Waals surface area (Å²) in [5.41, 5.74) is 2.96. The zero-order chi connectivity index (χ0) is 22.3. The quantitative estimate of drug-likeness (QED) is 0.548. The number of fused-ring (bicyclic) bond motifs is 1. The van der Waals surface area contributed by atoms with Crippen LogP contribution < -0.4 is 21.3 Å². The molecule has 0 spiro atoms. The van der Waals surface area contributed by atoms with Crippen molar-refractivity contribution in [3.05, 3.63) is 29.3 Å². The van der Waals surface area contributed by atoms with Crippen LogP contribution in [0.3, 0.4) is 0 Å². The molecular formula is C25H34N4O3. The lowest BCUT2D eigenvalue weighted by Gasteiger charge is -2.56. The average molecular weight is 439 g/mol. The van der Waals surface area contributed by atoms with Crippen molar-refractivity contribution >= 4 is 23.5 Å². The van der Waals surface area contributed by atoms with E-state index in [1.807, 2.05) is 19.1 Å². The number of aryl methyl sites for hydroxylation is 1. The highest BCUT2D eigenvalue weighted by atomic mass is 16.2. The first-order valence-electron chi connectivity index (χ1n) is 12.2. The first-order valence-corrected chi connectivity index (χ1v) is 12.2. The van der Waals surface area contributed by atoms with Crippen LogP contribution in [0.15, 0.2) is 18.2 Å². The second-order valence-electron chi connectivity index (χ2n) is 10.6. The zero-order valence-corrected chi connectivity index (χ0v) is 18.8. The Labute approximate surface area is 189 Å². The number of rotatable bonds is 6.